The molecular formula is C21H23N3O4. The molecule has 0 radical (unpaired) electrons. The van der Waals surface area contributed by atoms with E-state index in [0.29, 0.717) is 11.2 Å². The second-order valence-electron chi connectivity index (χ2n) is 7.24. The van der Waals surface area contributed by atoms with Gasteiger partial charge in [-0.2, -0.15) is 5.10 Å². The second kappa shape index (κ2) is 7.69. The van der Waals surface area contributed by atoms with Gasteiger partial charge < -0.3 is 14.9 Å². The molecule has 0 aliphatic heterocycles. The van der Waals surface area contributed by atoms with Crippen LogP contribution in [0.25, 0.3) is 16.7 Å². The molecule has 1 aliphatic rings. The molecule has 0 spiro atoms. The van der Waals surface area contributed by atoms with Gasteiger partial charge in [0.15, 0.2) is 5.65 Å². The van der Waals surface area contributed by atoms with Gasteiger partial charge in [-0.25, -0.2) is 14.5 Å². The standard InChI is InChI=1S/C21H23N3O4/c1-13-18-10-15(19(25)12-28-17-4-2-3-5-17)11-22-20(18)24(23-13)16-8-6-14(7-9-16)21(26)27/h6-11,17,19,25H,2-5,12H2,1H3,(H,26,27). The van der Waals surface area contributed by atoms with Crippen molar-refractivity contribution in [1.29, 1.82) is 0 Å². The Morgan fingerprint density at radius 3 is 2.68 bits per heavy atom. The fourth-order valence-corrected chi connectivity index (χ4v) is 3.65. The molecule has 1 aliphatic carbocycles. The van der Waals surface area contributed by atoms with Gasteiger partial charge in [0.2, 0.25) is 0 Å². The molecule has 2 heterocycles. The number of aromatic nitrogens is 3. The largest absolute Gasteiger partial charge is 0.478 e. The van der Waals surface area contributed by atoms with Crippen LogP contribution in [0.1, 0.15) is 53.4 Å². The Balaban J connectivity index is 1.58. The summed E-state index contributed by atoms with van der Waals surface area (Å²) < 4.78 is 7.50. The van der Waals surface area contributed by atoms with Crippen molar-refractivity contribution in [1.82, 2.24) is 14.8 Å². The van der Waals surface area contributed by atoms with Crippen LogP contribution in [0, 0.1) is 6.92 Å². The molecule has 0 amide bonds. The first-order chi connectivity index (χ1) is 13.5. The van der Waals surface area contributed by atoms with Crippen LogP contribution in [0.15, 0.2) is 36.5 Å². The summed E-state index contributed by atoms with van der Waals surface area (Å²) in [5.41, 5.74) is 3.10. The lowest BCUT2D eigenvalue weighted by Crippen LogP contribution is -2.14. The number of aliphatic hydroxyl groups is 1. The number of pyridine rings is 1. The number of aliphatic hydroxyl groups excluding tert-OH is 1. The Labute approximate surface area is 162 Å². The average molecular weight is 381 g/mol. The van der Waals surface area contributed by atoms with Gasteiger partial charge in [0.05, 0.1) is 29.7 Å². The third-order valence-corrected chi connectivity index (χ3v) is 5.26. The predicted molar refractivity (Wildman–Crippen MR) is 104 cm³/mol. The number of hydrogen-bond acceptors (Lipinski definition) is 5. The van der Waals surface area contributed by atoms with E-state index < -0.39 is 12.1 Å². The predicted octanol–water partition coefficient (Wildman–Crippen LogP) is 3.42. The number of ether oxygens (including phenoxy) is 1. The molecule has 2 aromatic heterocycles. The molecule has 7 nitrogen and oxygen atoms in total. The number of fused-ring (bicyclic) bond motifs is 1. The summed E-state index contributed by atoms with van der Waals surface area (Å²) >= 11 is 0. The van der Waals surface area contributed by atoms with Crippen molar-refractivity contribution in [3.05, 3.63) is 53.3 Å². The van der Waals surface area contributed by atoms with E-state index in [1.54, 1.807) is 35.1 Å². The Morgan fingerprint density at radius 1 is 1.29 bits per heavy atom. The third kappa shape index (κ3) is 3.63. The monoisotopic (exact) mass is 381 g/mol. The lowest BCUT2D eigenvalue weighted by Gasteiger charge is -2.15. The Hall–Kier alpha value is -2.77. The van der Waals surface area contributed by atoms with Crippen molar-refractivity contribution in [2.45, 2.75) is 44.8 Å². The zero-order valence-electron chi connectivity index (χ0n) is 15.7. The topological polar surface area (TPSA) is 97.5 Å². The molecule has 146 valence electrons. The number of hydrogen-bond donors (Lipinski definition) is 2. The molecule has 1 saturated carbocycles. The number of nitrogens with zero attached hydrogens (tertiary/aromatic N) is 3. The van der Waals surface area contributed by atoms with Gasteiger partial charge in [-0.05, 0) is 50.1 Å². The number of rotatable bonds is 6. The lowest BCUT2D eigenvalue weighted by atomic mass is 10.1. The fourth-order valence-electron chi connectivity index (χ4n) is 3.65. The lowest BCUT2D eigenvalue weighted by molar-refractivity contribution is -0.00704. The molecule has 2 N–H and O–H groups in total. The van der Waals surface area contributed by atoms with Crippen LogP contribution in [-0.2, 0) is 4.74 Å². The average Bonchev–Trinajstić information content (AvgIpc) is 3.34. The van der Waals surface area contributed by atoms with E-state index in [1.807, 2.05) is 13.0 Å². The van der Waals surface area contributed by atoms with Gasteiger partial charge in [-0.15, -0.1) is 0 Å². The minimum Gasteiger partial charge on any atom is -0.478 e. The summed E-state index contributed by atoms with van der Waals surface area (Å²) in [5.74, 6) is -0.968. The zero-order chi connectivity index (χ0) is 19.7. The number of carboxylic acids is 1. The molecule has 7 heteroatoms. The molecule has 1 aromatic carbocycles. The summed E-state index contributed by atoms with van der Waals surface area (Å²) in [4.78, 5) is 15.5. The maximum absolute atomic E-state index is 11.0. The maximum Gasteiger partial charge on any atom is 0.335 e. The molecule has 3 aromatic rings. The van der Waals surface area contributed by atoms with E-state index in [4.69, 9.17) is 9.84 Å². The molecule has 1 fully saturated rings. The van der Waals surface area contributed by atoms with E-state index in [0.717, 1.165) is 29.6 Å². The van der Waals surface area contributed by atoms with Gasteiger partial charge in [-0.1, -0.05) is 12.8 Å². The van der Waals surface area contributed by atoms with E-state index in [9.17, 15) is 9.90 Å². The van der Waals surface area contributed by atoms with Gasteiger partial charge in [0.1, 0.15) is 6.10 Å². The molecular weight excluding hydrogens is 358 g/mol. The van der Waals surface area contributed by atoms with Gasteiger partial charge in [0, 0.05) is 17.1 Å². The van der Waals surface area contributed by atoms with Crippen LogP contribution < -0.4 is 0 Å². The van der Waals surface area contributed by atoms with Crippen molar-refractivity contribution >= 4 is 17.0 Å². The molecule has 4 rings (SSSR count). The molecule has 0 bridgehead atoms. The maximum atomic E-state index is 11.0. The highest BCUT2D eigenvalue weighted by Gasteiger charge is 2.19. The van der Waals surface area contributed by atoms with E-state index in [-0.39, 0.29) is 18.3 Å². The van der Waals surface area contributed by atoms with Gasteiger partial charge in [-0.3, -0.25) is 0 Å². The second-order valence-corrected chi connectivity index (χ2v) is 7.24. The molecule has 1 atom stereocenters. The number of benzene rings is 1. The highest BCUT2D eigenvalue weighted by molar-refractivity contribution is 5.88. The van der Waals surface area contributed by atoms with Crippen LogP contribution in [0.4, 0.5) is 0 Å². The number of aryl methyl sites for hydroxylation is 1. The quantitative estimate of drug-likeness (QED) is 0.679. The SMILES string of the molecule is Cc1nn(-c2ccc(C(=O)O)cc2)c2ncc(C(O)COC3CCCC3)cc12. The van der Waals surface area contributed by atoms with Crippen LogP contribution in [0.2, 0.25) is 0 Å². The van der Waals surface area contributed by atoms with Crippen LogP contribution in [0.5, 0.6) is 0 Å². The smallest absolute Gasteiger partial charge is 0.335 e. The summed E-state index contributed by atoms with van der Waals surface area (Å²) in [6.45, 7) is 2.15. The van der Waals surface area contributed by atoms with Gasteiger partial charge >= 0.3 is 5.97 Å². The van der Waals surface area contributed by atoms with Crippen LogP contribution >= 0.6 is 0 Å². The molecule has 28 heavy (non-hydrogen) atoms. The number of aromatic carboxylic acids is 1. The van der Waals surface area contributed by atoms with Crippen molar-refractivity contribution in [2.24, 2.45) is 0 Å². The van der Waals surface area contributed by atoms with Crippen LogP contribution in [-0.4, -0.2) is 43.7 Å². The van der Waals surface area contributed by atoms with Crippen molar-refractivity contribution in [2.75, 3.05) is 6.61 Å². The minimum atomic E-state index is -0.968. The number of carbonyl (C=O) groups is 1. The summed E-state index contributed by atoms with van der Waals surface area (Å²) in [6, 6.07) is 8.39. The molecule has 0 saturated heterocycles. The fraction of sp³-hybridized carbons (Fsp3) is 0.381. The normalized spacial score (nSPS) is 15.9. The van der Waals surface area contributed by atoms with Crippen LogP contribution in [0.3, 0.4) is 0 Å². The first kappa shape index (κ1) is 18.6. The summed E-state index contributed by atoms with van der Waals surface area (Å²) in [7, 11) is 0. The van der Waals surface area contributed by atoms with Crippen molar-refractivity contribution in [3.8, 4) is 5.69 Å². The van der Waals surface area contributed by atoms with E-state index in [1.165, 1.54) is 12.8 Å². The first-order valence-corrected chi connectivity index (χ1v) is 9.51. The Morgan fingerprint density at radius 2 is 2.00 bits per heavy atom. The Bertz CT molecular complexity index is 991. The van der Waals surface area contributed by atoms with E-state index >= 15 is 0 Å². The Kier molecular flexibility index (Phi) is 5.11. The third-order valence-electron chi connectivity index (χ3n) is 5.26. The summed E-state index contributed by atoms with van der Waals surface area (Å²) in [5, 5.41) is 24.9. The first-order valence-electron chi connectivity index (χ1n) is 9.51. The molecule has 1 unspecified atom stereocenters. The zero-order valence-corrected chi connectivity index (χ0v) is 15.7. The highest BCUT2D eigenvalue weighted by Crippen LogP contribution is 2.26. The summed E-state index contributed by atoms with van der Waals surface area (Å²) in [6.07, 6.45) is 5.70. The van der Waals surface area contributed by atoms with Gasteiger partial charge in [0.25, 0.3) is 0 Å². The minimum absolute atomic E-state index is 0.220. The van der Waals surface area contributed by atoms with Crippen molar-refractivity contribution < 1.29 is 19.7 Å². The number of carboxylic acid groups (broad SMARTS) is 1. The van der Waals surface area contributed by atoms with Crippen molar-refractivity contribution in [3.63, 3.8) is 0 Å². The highest BCUT2D eigenvalue weighted by atomic mass is 16.5. The van der Waals surface area contributed by atoms with E-state index in [2.05, 4.69) is 10.1 Å².